The molecule has 5 rings (SSSR count). The van der Waals surface area contributed by atoms with Gasteiger partial charge in [0.1, 0.15) is 12.2 Å². The molecule has 0 saturated heterocycles. The first-order valence-corrected chi connectivity index (χ1v) is 16.2. The second-order valence-electron chi connectivity index (χ2n) is 15.1. The molecule has 0 aliphatic heterocycles. The highest BCUT2D eigenvalue weighted by Gasteiger charge is 2.67. The Morgan fingerprint density at radius 3 is 2.40 bits per heavy atom. The first kappa shape index (κ1) is 31.9. The van der Waals surface area contributed by atoms with Crippen molar-refractivity contribution >= 4 is 17.7 Å². The summed E-state index contributed by atoms with van der Waals surface area (Å²) in [6, 6.07) is 8.99. The number of fused-ring (bicyclic) bond motifs is 5. The molecular weight excluding hydrogens is 544 g/mol. The molecule has 3 fully saturated rings. The van der Waals surface area contributed by atoms with Gasteiger partial charge in [-0.1, -0.05) is 39.0 Å². The van der Waals surface area contributed by atoms with Crippen molar-refractivity contribution in [3.05, 3.63) is 47.5 Å². The molecule has 236 valence electrons. The van der Waals surface area contributed by atoms with E-state index >= 15 is 0 Å². The maximum absolute atomic E-state index is 13.7. The van der Waals surface area contributed by atoms with E-state index in [1.54, 1.807) is 32.1 Å². The summed E-state index contributed by atoms with van der Waals surface area (Å²) in [7, 11) is 0. The van der Waals surface area contributed by atoms with E-state index in [2.05, 4.69) is 20.8 Å². The zero-order chi connectivity index (χ0) is 31.4. The molecule has 9 atom stereocenters. The number of carbonyl (C=O) groups excluding carboxylic acids is 3. The third-order valence-corrected chi connectivity index (χ3v) is 12.0. The molecule has 0 bridgehead atoms. The molecule has 0 amide bonds. The highest BCUT2D eigenvalue weighted by Crippen LogP contribution is 2.68. The predicted molar refractivity (Wildman–Crippen MR) is 163 cm³/mol. The van der Waals surface area contributed by atoms with Crippen molar-refractivity contribution in [3.63, 3.8) is 0 Å². The third kappa shape index (κ3) is 5.72. The van der Waals surface area contributed by atoms with Crippen molar-refractivity contribution in [3.8, 4) is 0 Å². The van der Waals surface area contributed by atoms with Gasteiger partial charge in [-0.25, -0.2) is 4.79 Å². The fraction of sp³-hybridized carbons (Fsp3) is 0.694. The van der Waals surface area contributed by atoms with Crippen molar-refractivity contribution in [1.82, 2.24) is 0 Å². The lowest BCUT2D eigenvalue weighted by molar-refractivity contribution is -0.158. The van der Waals surface area contributed by atoms with Gasteiger partial charge in [-0.15, -0.1) is 0 Å². The third-order valence-electron chi connectivity index (χ3n) is 12.0. The molecule has 1 aromatic rings. The van der Waals surface area contributed by atoms with Crippen LogP contribution >= 0.6 is 0 Å². The van der Waals surface area contributed by atoms with Crippen LogP contribution < -0.4 is 0 Å². The van der Waals surface area contributed by atoms with Crippen LogP contribution in [-0.4, -0.2) is 51.3 Å². The van der Waals surface area contributed by atoms with Crippen molar-refractivity contribution < 1.29 is 34.1 Å². The Morgan fingerprint density at radius 2 is 1.74 bits per heavy atom. The summed E-state index contributed by atoms with van der Waals surface area (Å²) >= 11 is 0. The standard InChI is InChI=1S/C36H50O7/c1-22(31(15-16-33(3,4)40)43-32(39)24-10-8-7-9-11-24)26-14-19-36(41)28-21-30(38)29-20-25(42-23(2)37)12-17-34(29,5)27(28)13-18-35(26,36)6/h7-11,21-22,25-27,29,31,40-41H,12-20H2,1-6H3/t22-,25?,26+,27-,29?,31?,34+,35+,36+/m0/s1. The number of ether oxygens (including phenoxy) is 2. The number of allylic oxidation sites excluding steroid dienone is 1. The van der Waals surface area contributed by atoms with Gasteiger partial charge in [-0.05, 0) is 119 Å². The lowest BCUT2D eigenvalue weighted by Crippen LogP contribution is -2.59. The number of esters is 2. The molecule has 1 aromatic carbocycles. The van der Waals surface area contributed by atoms with Gasteiger partial charge in [-0.3, -0.25) is 9.59 Å². The largest absolute Gasteiger partial charge is 0.463 e. The Morgan fingerprint density at radius 1 is 1.05 bits per heavy atom. The summed E-state index contributed by atoms with van der Waals surface area (Å²) in [5, 5.41) is 23.2. The second-order valence-corrected chi connectivity index (χ2v) is 15.1. The molecule has 7 nitrogen and oxygen atoms in total. The minimum atomic E-state index is -1.12. The van der Waals surface area contributed by atoms with Crippen molar-refractivity contribution in [2.24, 2.45) is 34.5 Å². The van der Waals surface area contributed by atoms with Crippen LogP contribution in [0.15, 0.2) is 42.0 Å². The Labute approximate surface area is 256 Å². The highest BCUT2D eigenvalue weighted by molar-refractivity contribution is 5.95. The molecular formula is C36H50O7. The fourth-order valence-corrected chi connectivity index (χ4v) is 9.49. The van der Waals surface area contributed by atoms with Gasteiger partial charge in [-0.2, -0.15) is 0 Å². The molecule has 3 unspecified atom stereocenters. The van der Waals surface area contributed by atoms with E-state index in [0.717, 1.165) is 37.7 Å². The molecule has 0 aromatic heterocycles. The summed E-state index contributed by atoms with van der Waals surface area (Å²) in [6.07, 6.45) is 7.16. The monoisotopic (exact) mass is 594 g/mol. The molecule has 7 heteroatoms. The first-order chi connectivity index (χ1) is 20.1. The molecule has 4 aliphatic carbocycles. The van der Waals surface area contributed by atoms with Crippen LogP contribution in [0.3, 0.4) is 0 Å². The second kappa shape index (κ2) is 11.4. The van der Waals surface area contributed by atoms with Crippen molar-refractivity contribution in [1.29, 1.82) is 0 Å². The van der Waals surface area contributed by atoms with Crippen LogP contribution in [0, 0.1) is 34.5 Å². The Hall–Kier alpha value is -2.51. The van der Waals surface area contributed by atoms with E-state index in [4.69, 9.17) is 9.47 Å². The highest BCUT2D eigenvalue weighted by atomic mass is 16.5. The van der Waals surface area contributed by atoms with E-state index in [-0.39, 0.29) is 52.9 Å². The number of hydrogen-bond donors (Lipinski definition) is 2. The molecule has 3 saturated carbocycles. The molecule has 0 spiro atoms. The summed E-state index contributed by atoms with van der Waals surface area (Å²) < 4.78 is 11.7. The van der Waals surface area contributed by atoms with Crippen LogP contribution in [0.2, 0.25) is 0 Å². The SMILES string of the molecule is CC(=O)OC1CC[C@@]2(C)C(C1)C(=O)C=C1[C@@H]2CC[C@]2(C)[C@@H]([C@H](C)C(CCC(C)(C)O)OC(=O)c3ccccc3)CC[C@@]12O. The zero-order valence-electron chi connectivity index (χ0n) is 26.7. The lowest BCUT2D eigenvalue weighted by Gasteiger charge is -2.60. The first-order valence-electron chi connectivity index (χ1n) is 16.2. The number of ketones is 1. The van der Waals surface area contributed by atoms with Gasteiger partial charge in [0.15, 0.2) is 5.78 Å². The quantitative estimate of drug-likeness (QED) is 0.345. The average Bonchev–Trinajstić information content (AvgIpc) is 3.22. The van der Waals surface area contributed by atoms with E-state index in [9.17, 15) is 24.6 Å². The van der Waals surface area contributed by atoms with E-state index in [1.807, 2.05) is 18.2 Å². The smallest absolute Gasteiger partial charge is 0.338 e. The molecule has 0 heterocycles. The van der Waals surface area contributed by atoms with E-state index < -0.39 is 22.7 Å². The number of aliphatic hydroxyl groups is 2. The Balaban J connectivity index is 1.41. The van der Waals surface area contributed by atoms with Gasteiger partial charge in [0.25, 0.3) is 0 Å². The molecule has 43 heavy (non-hydrogen) atoms. The Bertz CT molecular complexity index is 1260. The van der Waals surface area contributed by atoms with Crippen LogP contribution in [0.25, 0.3) is 0 Å². The van der Waals surface area contributed by atoms with Gasteiger partial charge in [0, 0.05) is 18.3 Å². The maximum atomic E-state index is 13.7. The van der Waals surface area contributed by atoms with Gasteiger partial charge < -0.3 is 19.7 Å². The molecule has 4 aliphatic rings. The van der Waals surface area contributed by atoms with Gasteiger partial charge in [0.05, 0.1) is 16.8 Å². The number of benzene rings is 1. The summed E-state index contributed by atoms with van der Waals surface area (Å²) in [5.74, 6) is -0.756. The molecule has 2 N–H and O–H groups in total. The summed E-state index contributed by atoms with van der Waals surface area (Å²) in [6.45, 7) is 11.4. The summed E-state index contributed by atoms with van der Waals surface area (Å²) in [4.78, 5) is 38.5. The van der Waals surface area contributed by atoms with Crippen LogP contribution in [0.5, 0.6) is 0 Å². The normalized spacial score (nSPS) is 36.8. The average molecular weight is 595 g/mol. The Kier molecular flexibility index (Phi) is 8.49. The topological polar surface area (TPSA) is 110 Å². The maximum Gasteiger partial charge on any atom is 0.338 e. The van der Waals surface area contributed by atoms with Gasteiger partial charge in [0.2, 0.25) is 0 Å². The van der Waals surface area contributed by atoms with Crippen LogP contribution in [0.1, 0.15) is 110 Å². The summed E-state index contributed by atoms with van der Waals surface area (Å²) in [5.41, 5.74) is -1.40. The number of rotatable bonds is 8. The van der Waals surface area contributed by atoms with Crippen LogP contribution in [-0.2, 0) is 19.1 Å². The van der Waals surface area contributed by atoms with E-state index in [0.29, 0.717) is 31.2 Å². The zero-order valence-corrected chi connectivity index (χ0v) is 26.7. The van der Waals surface area contributed by atoms with Crippen LogP contribution in [0.4, 0.5) is 0 Å². The predicted octanol–water partition coefficient (Wildman–Crippen LogP) is 6.20. The minimum absolute atomic E-state index is 0.0413. The van der Waals surface area contributed by atoms with Crippen molar-refractivity contribution in [2.45, 2.75) is 123 Å². The lowest BCUT2D eigenvalue weighted by atomic mass is 9.46. The number of hydrogen-bond acceptors (Lipinski definition) is 7. The molecule has 0 radical (unpaired) electrons. The number of carbonyl (C=O) groups is 3. The van der Waals surface area contributed by atoms with Gasteiger partial charge >= 0.3 is 11.9 Å². The van der Waals surface area contributed by atoms with Crippen molar-refractivity contribution in [2.75, 3.05) is 0 Å². The van der Waals surface area contributed by atoms with E-state index in [1.165, 1.54) is 6.92 Å². The fourth-order valence-electron chi connectivity index (χ4n) is 9.49. The minimum Gasteiger partial charge on any atom is -0.463 e.